The fourth-order valence-corrected chi connectivity index (χ4v) is 9.56. The molecule has 7 rings (SSSR count). The van der Waals surface area contributed by atoms with Crippen molar-refractivity contribution in [1.29, 1.82) is 0 Å². The van der Waals surface area contributed by atoms with E-state index in [0.29, 0.717) is 54.3 Å². The van der Waals surface area contributed by atoms with Gasteiger partial charge in [0.2, 0.25) is 27.7 Å². The Morgan fingerprint density at radius 3 is 2.63 bits per heavy atom. The van der Waals surface area contributed by atoms with E-state index in [9.17, 15) is 41.1 Å². The monoisotopic (exact) mass is 789 g/mol. The van der Waals surface area contributed by atoms with Crippen LogP contribution >= 0.6 is 11.3 Å². The number of aryl methyl sites for hydroxylation is 1. The van der Waals surface area contributed by atoms with Crippen molar-refractivity contribution in [3.05, 3.63) is 52.6 Å². The number of allylic oxidation sites excluding steroid dienone is 2. The summed E-state index contributed by atoms with van der Waals surface area (Å²) in [7, 11) is -2.29. The molecule has 290 valence electrons. The van der Waals surface area contributed by atoms with Crippen LogP contribution in [-0.2, 0) is 37.2 Å². The van der Waals surface area contributed by atoms with Crippen molar-refractivity contribution in [2.75, 3.05) is 20.1 Å². The third kappa shape index (κ3) is 7.09. The number of nitrogens with one attached hydrogen (secondary N) is 1. The molecule has 0 radical (unpaired) electrons. The first-order valence-electron chi connectivity index (χ1n) is 18.0. The molecule has 54 heavy (non-hydrogen) atoms. The molecule has 2 saturated carbocycles. The van der Waals surface area contributed by atoms with Gasteiger partial charge in [-0.15, -0.1) is 11.3 Å². The fourth-order valence-electron chi connectivity index (χ4n) is 7.44. The Balaban J connectivity index is 1.21. The van der Waals surface area contributed by atoms with E-state index in [1.165, 1.54) is 11.0 Å². The van der Waals surface area contributed by atoms with Gasteiger partial charge in [0, 0.05) is 43.3 Å². The Labute approximate surface area is 314 Å². The second-order valence-corrected chi connectivity index (χ2v) is 18.2. The first-order valence-corrected chi connectivity index (χ1v) is 20.3. The Hall–Kier alpha value is -4.09. The van der Waals surface area contributed by atoms with E-state index in [-0.39, 0.29) is 60.7 Å². The summed E-state index contributed by atoms with van der Waals surface area (Å²) in [6, 6.07) is 3.94. The summed E-state index contributed by atoms with van der Waals surface area (Å²) in [5.41, 5.74) is -0.686. The number of nitrogens with zero attached hydrogens (tertiary/aromatic N) is 4. The van der Waals surface area contributed by atoms with Gasteiger partial charge in [-0.3, -0.25) is 19.1 Å². The van der Waals surface area contributed by atoms with Crippen LogP contribution in [0.1, 0.15) is 75.1 Å². The highest BCUT2D eigenvalue weighted by Crippen LogP contribution is 2.57. The maximum absolute atomic E-state index is 14.3. The standard InChI is InChI=1S/C37H42F3N5O7S2/c1-21-22(19-46)9-10-25-28(15-26(41-31(21)25)32-42-29(20-53-32)37(38,39)40)52-24-14-27-33(48)44(3)13-7-5-4-6-8-23-16-36(23,17-30(47)45(27)18-24)34(49)43-54(50,51)35(2)11-12-35/h6,8-10,15,20,23-24,27,46H,4-5,7,11-14,16-19H2,1-3H3,(H,43,49)/b8-6-/t23-,24+,27+,36-/m1/s1. The number of carbonyl (C=O) groups excluding carboxylic acids is 3. The number of ether oxygens (including phenoxy) is 1. The van der Waals surface area contributed by atoms with Gasteiger partial charge < -0.3 is 19.6 Å². The number of carbonyl (C=O) groups is 3. The molecule has 2 aromatic heterocycles. The molecule has 3 amide bonds. The smallest absolute Gasteiger partial charge is 0.434 e. The number of benzene rings is 1. The molecule has 2 aliphatic heterocycles. The second kappa shape index (κ2) is 13.9. The summed E-state index contributed by atoms with van der Waals surface area (Å²) >= 11 is 0.775. The van der Waals surface area contributed by atoms with E-state index in [4.69, 9.17) is 4.74 Å². The lowest BCUT2D eigenvalue weighted by Gasteiger charge is -2.29. The fraction of sp³-hybridized carbons (Fsp3) is 0.541. The molecule has 4 atom stereocenters. The molecule has 4 aliphatic rings. The molecule has 1 saturated heterocycles. The zero-order chi connectivity index (χ0) is 38.8. The first kappa shape index (κ1) is 38.2. The number of aliphatic hydroxyl groups is 1. The van der Waals surface area contributed by atoms with Gasteiger partial charge >= 0.3 is 6.18 Å². The van der Waals surface area contributed by atoms with Crippen LogP contribution in [0.3, 0.4) is 0 Å². The molecule has 3 fully saturated rings. The van der Waals surface area contributed by atoms with E-state index in [0.717, 1.165) is 23.1 Å². The topological polar surface area (TPSA) is 159 Å². The largest absolute Gasteiger partial charge is 0.488 e. The average Bonchev–Trinajstić information content (AvgIpc) is 3.88. The van der Waals surface area contributed by atoms with Gasteiger partial charge in [0.05, 0.1) is 28.8 Å². The lowest BCUT2D eigenvalue weighted by Crippen LogP contribution is -2.49. The number of thiazole rings is 1. The number of aromatic nitrogens is 2. The summed E-state index contributed by atoms with van der Waals surface area (Å²) in [5.74, 6) is -1.61. The molecular formula is C37H42F3N5O7S2. The van der Waals surface area contributed by atoms with Crippen molar-refractivity contribution >= 4 is 50.0 Å². The summed E-state index contributed by atoms with van der Waals surface area (Å²) in [5, 5.41) is 11.4. The van der Waals surface area contributed by atoms with Crippen molar-refractivity contribution in [1.82, 2.24) is 24.5 Å². The number of fused-ring (bicyclic) bond motifs is 3. The first-order chi connectivity index (χ1) is 25.5. The third-order valence-corrected chi connectivity index (χ3v) is 14.4. The minimum atomic E-state index is -4.66. The summed E-state index contributed by atoms with van der Waals surface area (Å²) in [6.45, 7) is 3.44. The Bertz CT molecular complexity index is 2150. The number of sulfonamides is 1. The highest BCUT2D eigenvalue weighted by atomic mass is 32.2. The number of halogens is 3. The predicted octanol–water partition coefficient (Wildman–Crippen LogP) is 5.12. The molecular weight excluding hydrogens is 748 g/mol. The molecule has 12 nitrogen and oxygen atoms in total. The van der Waals surface area contributed by atoms with Crippen LogP contribution < -0.4 is 9.46 Å². The number of pyridine rings is 1. The van der Waals surface area contributed by atoms with Crippen molar-refractivity contribution < 1.29 is 45.8 Å². The van der Waals surface area contributed by atoms with Crippen molar-refractivity contribution in [3.8, 4) is 16.5 Å². The van der Waals surface area contributed by atoms with Crippen LogP contribution in [0, 0.1) is 18.3 Å². The van der Waals surface area contributed by atoms with Gasteiger partial charge in [-0.25, -0.2) is 18.4 Å². The molecule has 0 bridgehead atoms. The minimum absolute atomic E-state index is 0.00689. The van der Waals surface area contributed by atoms with Gasteiger partial charge in [0.25, 0.3) is 0 Å². The van der Waals surface area contributed by atoms with E-state index in [1.807, 2.05) is 12.2 Å². The minimum Gasteiger partial charge on any atom is -0.488 e. The van der Waals surface area contributed by atoms with E-state index >= 15 is 0 Å². The lowest BCUT2D eigenvalue weighted by molar-refractivity contribution is -0.144. The molecule has 17 heteroatoms. The molecule has 2 aliphatic carbocycles. The summed E-state index contributed by atoms with van der Waals surface area (Å²) < 4.78 is 74.4. The molecule has 2 N–H and O–H groups in total. The molecule has 1 aromatic carbocycles. The predicted molar refractivity (Wildman–Crippen MR) is 194 cm³/mol. The molecule has 0 spiro atoms. The van der Waals surface area contributed by atoms with Crippen LogP contribution in [0.15, 0.2) is 35.7 Å². The van der Waals surface area contributed by atoms with Gasteiger partial charge in [0.15, 0.2) is 5.69 Å². The zero-order valence-electron chi connectivity index (χ0n) is 30.1. The normalized spacial score (nSPS) is 26.5. The van der Waals surface area contributed by atoms with Crippen molar-refractivity contribution in [2.24, 2.45) is 11.3 Å². The Morgan fingerprint density at radius 1 is 1.19 bits per heavy atom. The molecule has 3 aromatic rings. The number of aliphatic hydroxyl groups excluding tert-OH is 1. The van der Waals surface area contributed by atoms with Crippen LogP contribution in [0.2, 0.25) is 0 Å². The van der Waals surface area contributed by atoms with Crippen LogP contribution in [0.25, 0.3) is 21.6 Å². The van der Waals surface area contributed by atoms with Gasteiger partial charge in [-0.2, -0.15) is 13.2 Å². The quantitative estimate of drug-likeness (QED) is 0.310. The number of amides is 3. The highest BCUT2D eigenvalue weighted by Gasteiger charge is 2.62. The van der Waals surface area contributed by atoms with Crippen molar-refractivity contribution in [2.45, 2.75) is 94.9 Å². The number of rotatable bonds is 7. The number of hydrogen-bond acceptors (Lipinski definition) is 10. The summed E-state index contributed by atoms with van der Waals surface area (Å²) in [6.07, 6.45) is 1.56. The lowest BCUT2D eigenvalue weighted by atomic mass is 9.96. The van der Waals surface area contributed by atoms with Crippen molar-refractivity contribution in [3.63, 3.8) is 0 Å². The second-order valence-electron chi connectivity index (χ2n) is 15.2. The highest BCUT2D eigenvalue weighted by molar-refractivity contribution is 7.91. The van der Waals surface area contributed by atoms with E-state index in [2.05, 4.69) is 14.7 Å². The van der Waals surface area contributed by atoms with Gasteiger partial charge in [-0.05, 0) is 75.5 Å². The van der Waals surface area contributed by atoms with Crippen LogP contribution in [-0.4, -0.2) is 88.0 Å². The number of hydrogen-bond donors (Lipinski definition) is 2. The summed E-state index contributed by atoms with van der Waals surface area (Å²) in [4.78, 5) is 53.4. The molecule has 4 heterocycles. The van der Waals surface area contributed by atoms with Crippen LogP contribution in [0.5, 0.6) is 5.75 Å². The van der Waals surface area contributed by atoms with E-state index in [1.54, 1.807) is 37.9 Å². The van der Waals surface area contributed by atoms with Crippen LogP contribution in [0.4, 0.5) is 13.2 Å². The van der Waals surface area contributed by atoms with E-state index < -0.39 is 56.0 Å². The number of alkyl halides is 3. The maximum atomic E-state index is 14.3. The Kier molecular flexibility index (Phi) is 9.82. The van der Waals surface area contributed by atoms with Gasteiger partial charge in [0.1, 0.15) is 28.6 Å². The zero-order valence-corrected chi connectivity index (χ0v) is 31.7. The van der Waals surface area contributed by atoms with Gasteiger partial charge in [-0.1, -0.05) is 18.2 Å². The molecule has 0 unspecified atom stereocenters. The Morgan fingerprint density at radius 2 is 1.94 bits per heavy atom. The average molecular weight is 790 g/mol. The third-order valence-electron chi connectivity index (χ3n) is 11.4. The SMILES string of the molecule is Cc1c(CO)ccc2c(O[C@H]3C[C@H]4C(=O)N(C)CCCC/C=C\[C@@H]5C[C@@]5(C(=O)NS(=O)(=O)C5(C)CC5)CC(=O)N4C3)cc(-c3nc(C(F)(F)F)cs3)nc12. The maximum Gasteiger partial charge on any atom is 0.434 e. The number of likely N-dealkylation sites (N-methyl/N-ethyl adjacent to an activating group) is 1.